The molecule has 0 spiro atoms. The zero-order chi connectivity index (χ0) is 13.1. The van der Waals surface area contributed by atoms with Crippen molar-refractivity contribution in [2.24, 2.45) is 0 Å². The number of carboxylic acid groups (broad SMARTS) is 1. The van der Waals surface area contributed by atoms with E-state index in [9.17, 15) is 4.79 Å². The highest BCUT2D eigenvalue weighted by molar-refractivity contribution is 9.10. The van der Waals surface area contributed by atoms with Crippen LogP contribution < -0.4 is 10.5 Å². The van der Waals surface area contributed by atoms with Crippen LogP contribution in [0.25, 0.3) is 0 Å². The molecule has 0 saturated heterocycles. The maximum absolute atomic E-state index is 10.9. The fourth-order valence-electron chi connectivity index (χ4n) is 1.31. The molecule has 1 aromatic carbocycles. The fraction of sp³-hybridized carbons (Fsp3) is 0. The van der Waals surface area contributed by atoms with Gasteiger partial charge >= 0.3 is 5.97 Å². The summed E-state index contributed by atoms with van der Waals surface area (Å²) in [5.41, 5.74) is 5.57. The summed E-state index contributed by atoms with van der Waals surface area (Å²) in [6.07, 6.45) is 1.26. The largest absolute Gasteiger partial charge is 0.478 e. The average Bonchev–Trinajstić information content (AvgIpc) is 2.34. The average molecular weight is 309 g/mol. The summed E-state index contributed by atoms with van der Waals surface area (Å²) in [6, 6.07) is 8.39. The third kappa shape index (κ3) is 2.78. The molecule has 2 aromatic rings. The van der Waals surface area contributed by atoms with E-state index in [1.54, 1.807) is 12.1 Å². The standard InChI is InChI=1S/C12H9BrN2O3/c13-7-1-3-8(4-2-7)18-11-5-9(12(16)17)10(14)6-15-11/h1-6H,14H2,(H,16,17). The van der Waals surface area contributed by atoms with Crippen LogP contribution in [-0.4, -0.2) is 16.1 Å². The second-order valence-corrected chi connectivity index (χ2v) is 4.39. The first-order chi connectivity index (χ1) is 8.56. The van der Waals surface area contributed by atoms with Crippen molar-refractivity contribution in [2.45, 2.75) is 0 Å². The Kier molecular flexibility index (Phi) is 3.47. The van der Waals surface area contributed by atoms with Crippen molar-refractivity contribution in [3.8, 4) is 11.6 Å². The maximum atomic E-state index is 10.9. The molecule has 0 radical (unpaired) electrons. The highest BCUT2D eigenvalue weighted by Gasteiger charge is 2.10. The number of carboxylic acids is 1. The van der Waals surface area contributed by atoms with Crippen LogP contribution in [0.5, 0.6) is 11.6 Å². The predicted molar refractivity (Wildman–Crippen MR) is 69.8 cm³/mol. The first-order valence-corrected chi connectivity index (χ1v) is 5.78. The van der Waals surface area contributed by atoms with Gasteiger partial charge in [0.15, 0.2) is 0 Å². The van der Waals surface area contributed by atoms with Gasteiger partial charge in [-0.1, -0.05) is 15.9 Å². The molecule has 0 amide bonds. The third-order valence-corrected chi connectivity index (χ3v) is 2.70. The highest BCUT2D eigenvalue weighted by Crippen LogP contribution is 2.24. The molecule has 3 N–H and O–H groups in total. The van der Waals surface area contributed by atoms with E-state index in [4.69, 9.17) is 15.6 Å². The number of pyridine rings is 1. The Morgan fingerprint density at radius 3 is 2.61 bits per heavy atom. The Morgan fingerprint density at radius 1 is 1.33 bits per heavy atom. The van der Waals surface area contributed by atoms with E-state index in [2.05, 4.69) is 20.9 Å². The lowest BCUT2D eigenvalue weighted by Crippen LogP contribution is -2.03. The van der Waals surface area contributed by atoms with Crippen molar-refractivity contribution >= 4 is 27.6 Å². The molecule has 2 rings (SSSR count). The number of anilines is 1. The van der Waals surface area contributed by atoms with Crippen LogP contribution in [0.3, 0.4) is 0 Å². The van der Waals surface area contributed by atoms with Crippen molar-refractivity contribution in [1.29, 1.82) is 0 Å². The minimum atomic E-state index is -1.12. The summed E-state index contributed by atoms with van der Waals surface area (Å²) in [5.74, 6) is -0.369. The molecular weight excluding hydrogens is 300 g/mol. The van der Waals surface area contributed by atoms with Crippen LogP contribution in [0.1, 0.15) is 10.4 Å². The number of carbonyl (C=O) groups is 1. The summed E-state index contributed by atoms with van der Waals surface area (Å²) < 4.78 is 6.35. The van der Waals surface area contributed by atoms with Gasteiger partial charge in [0.25, 0.3) is 0 Å². The van der Waals surface area contributed by atoms with Crippen LogP contribution in [0.2, 0.25) is 0 Å². The van der Waals surface area contributed by atoms with Gasteiger partial charge in [-0.2, -0.15) is 0 Å². The van der Waals surface area contributed by atoms with Gasteiger partial charge < -0.3 is 15.6 Å². The van der Waals surface area contributed by atoms with Crippen molar-refractivity contribution in [2.75, 3.05) is 5.73 Å². The third-order valence-electron chi connectivity index (χ3n) is 2.18. The normalized spacial score (nSPS) is 10.1. The van der Waals surface area contributed by atoms with E-state index in [1.165, 1.54) is 12.3 Å². The Hall–Kier alpha value is -2.08. The molecule has 18 heavy (non-hydrogen) atoms. The number of nitrogens with two attached hydrogens (primary N) is 1. The Bertz CT molecular complexity index is 584. The number of aromatic carboxylic acids is 1. The maximum Gasteiger partial charge on any atom is 0.338 e. The van der Waals surface area contributed by atoms with Gasteiger partial charge in [0.05, 0.1) is 17.4 Å². The number of rotatable bonds is 3. The van der Waals surface area contributed by atoms with Crippen molar-refractivity contribution in [3.63, 3.8) is 0 Å². The van der Waals surface area contributed by atoms with Crippen LogP contribution in [0.15, 0.2) is 41.0 Å². The molecule has 1 heterocycles. The van der Waals surface area contributed by atoms with E-state index in [1.807, 2.05) is 12.1 Å². The zero-order valence-electron chi connectivity index (χ0n) is 9.13. The Labute approximate surface area is 111 Å². The molecule has 0 bridgehead atoms. The van der Waals surface area contributed by atoms with Gasteiger partial charge in [0.1, 0.15) is 5.75 Å². The number of halogens is 1. The van der Waals surface area contributed by atoms with Gasteiger partial charge in [-0.25, -0.2) is 9.78 Å². The van der Waals surface area contributed by atoms with Crippen molar-refractivity contribution in [1.82, 2.24) is 4.98 Å². The van der Waals surface area contributed by atoms with E-state index in [-0.39, 0.29) is 17.1 Å². The van der Waals surface area contributed by atoms with E-state index >= 15 is 0 Å². The smallest absolute Gasteiger partial charge is 0.338 e. The molecule has 0 atom stereocenters. The Balaban J connectivity index is 2.27. The summed E-state index contributed by atoms with van der Waals surface area (Å²) in [5, 5.41) is 8.92. The van der Waals surface area contributed by atoms with Gasteiger partial charge in [-0.3, -0.25) is 0 Å². The van der Waals surface area contributed by atoms with Gasteiger partial charge in [-0.05, 0) is 24.3 Å². The topological polar surface area (TPSA) is 85.4 Å². The molecule has 0 fully saturated rings. The minimum absolute atomic E-state index is 0.0305. The predicted octanol–water partition coefficient (Wildman–Crippen LogP) is 2.92. The molecule has 5 nitrogen and oxygen atoms in total. The van der Waals surface area contributed by atoms with E-state index in [0.717, 1.165) is 4.47 Å². The van der Waals surface area contributed by atoms with Gasteiger partial charge in [0.2, 0.25) is 5.88 Å². The van der Waals surface area contributed by atoms with Gasteiger partial charge in [0, 0.05) is 10.5 Å². The van der Waals surface area contributed by atoms with Crippen LogP contribution in [0.4, 0.5) is 5.69 Å². The Morgan fingerprint density at radius 2 is 2.00 bits per heavy atom. The number of hydrogen-bond acceptors (Lipinski definition) is 4. The summed E-state index contributed by atoms with van der Waals surface area (Å²) in [4.78, 5) is 14.8. The van der Waals surface area contributed by atoms with Crippen molar-refractivity contribution in [3.05, 3.63) is 46.6 Å². The minimum Gasteiger partial charge on any atom is -0.478 e. The summed E-state index contributed by atoms with van der Waals surface area (Å²) in [6.45, 7) is 0. The molecule has 0 unspecified atom stereocenters. The number of aromatic nitrogens is 1. The fourth-order valence-corrected chi connectivity index (χ4v) is 1.58. The number of nitrogens with zero attached hydrogens (tertiary/aromatic N) is 1. The van der Waals surface area contributed by atoms with E-state index < -0.39 is 5.97 Å². The highest BCUT2D eigenvalue weighted by atomic mass is 79.9. The lowest BCUT2D eigenvalue weighted by molar-refractivity contribution is 0.0697. The van der Waals surface area contributed by atoms with E-state index in [0.29, 0.717) is 5.75 Å². The van der Waals surface area contributed by atoms with Crippen molar-refractivity contribution < 1.29 is 14.6 Å². The number of benzene rings is 1. The number of nitrogen functional groups attached to an aromatic ring is 1. The molecule has 92 valence electrons. The van der Waals surface area contributed by atoms with Crippen LogP contribution >= 0.6 is 15.9 Å². The molecule has 0 saturated carbocycles. The number of ether oxygens (including phenoxy) is 1. The zero-order valence-corrected chi connectivity index (χ0v) is 10.7. The quantitative estimate of drug-likeness (QED) is 0.910. The second-order valence-electron chi connectivity index (χ2n) is 3.47. The van der Waals surface area contributed by atoms with Crippen LogP contribution in [0, 0.1) is 0 Å². The first kappa shape index (κ1) is 12.4. The molecule has 1 aromatic heterocycles. The number of hydrogen-bond donors (Lipinski definition) is 2. The molecule has 0 aliphatic heterocycles. The summed E-state index contributed by atoms with van der Waals surface area (Å²) in [7, 11) is 0. The monoisotopic (exact) mass is 308 g/mol. The molecule has 0 aliphatic rings. The summed E-state index contributed by atoms with van der Waals surface area (Å²) >= 11 is 3.31. The van der Waals surface area contributed by atoms with Crippen LogP contribution in [-0.2, 0) is 0 Å². The lowest BCUT2D eigenvalue weighted by atomic mass is 10.2. The second kappa shape index (κ2) is 5.05. The first-order valence-electron chi connectivity index (χ1n) is 4.98. The lowest BCUT2D eigenvalue weighted by Gasteiger charge is -2.06. The molecule has 0 aliphatic carbocycles. The molecular formula is C12H9BrN2O3. The molecule has 6 heteroatoms. The van der Waals surface area contributed by atoms with Gasteiger partial charge in [-0.15, -0.1) is 0 Å². The SMILES string of the molecule is Nc1cnc(Oc2ccc(Br)cc2)cc1C(=O)O.